The maximum Gasteiger partial charge on any atom is 0.167 e. The van der Waals surface area contributed by atoms with E-state index in [4.69, 9.17) is 0 Å². The molecule has 2 nitrogen and oxygen atoms in total. The Kier molecular flexibility index (Phi) is 4.56. The first-order chi connectivity index (χ1) is 9.91. The van der Waals surface area contributed by atoms with Gasteiger partial charge in [-0.25, -0.2) is 0 Å². The van der Waals surface area contributed by atoms with Crippen LogP contribution in [0.15, 0.2) is 42.7 Å². The lowest BCUT2D eigenvalue weighted by Gasteiger charge is -2.19. The van der Waals surface area contributed by atoms with Gasteiger partial charge in [0.1, 0.15) is 0 Å². The minimum absolute atomic E-state index is 0.142. The van der Waals surface area contributed by atoms with E-state index in [9.17, 15) is 4.79 Å². The van der Waals surface area contributed by atoms with Gasteiger partial charge in [0.2, 0.25) is 0 Å². The van der Waals surface area contributed by atoms with E-state index in [0.717, 1.165) is 23.1 Å². The number of carbonyl (C=O) groups is 1. The molecule has 0 bridgehead atoms. The number of pyridine rings is 1. The standard InChI is InChI=1S/C19H23NO/c1-5-15-13-20-11-10-17(15)18(21)12-14-6-8-16(9-7-14)19(2,3)4/h6-11,13H,5,12H2,1-4H3. The van der Waals surface area contributed by atoms with Gasteiger partial charge in [-0.15, -0.1) is 0 Å². The Balaban J connectivity index is 2.16. The highest BCUT2D eigenvalue weighted by Crippen LogP contribution is 2.22. The highest BCUT2D eigenvalue weighted by molar-refractivity contribution is 5.98. The quantitative estimate of drug-likeness (QED) is 0.779. The van der Waals surface area contributed by atoms with Crippen LogP contribution in [0.3, 0.4) is 0 Å². The van der Waals surface area contributed by atoms with Crippen molar-refractivity contribution in [3.63, 3.8) is 0 Å². The first-order valence-electron chi connectivity index (χ1n) is 7.47. The third-order valence-electron chi connectivity index (χ3n) is 3.77. The molecule has 0 radical (unpaired) electrons. The SMILES string of the molecule is CCc1cnccc1C(=O)Cc1ccc(C(C)(C)C)cc1. The number of Topliss-reactive ketones (excluding diaryl/α,β-unsaturated/α-hetero) is 1. The number of carbonyl (C=O) groups excluding carboxylic acids is 1. The van der Waals surface area contributed by atoms with E-state index >= 15 is 0 Å². The summed E-state index contributed by atoms with van der Waals surface area (Å²) in [5.41, 5.74) is 4.31. The fraction of sp³-hybridized carbons (Fsp3) is 0.368. The topological polar surface area (TPSA) is 30.0 Å². The summed E-state index contributed by atoms with van der Waals surface area (Å²) in [6.45, 7) is 8.62. The molecule has 0 saturated carbocycles. The summed E-state index contributed by atoms with van der Waals surface area (Å²) >= 11 is 0. The summed E-state index contributed by atoms with van der Waals surface area (Å²) < 4.78 is 0. The van der Waals surface area contributed by atoms with Gasteiger partial charge in [0.05, 0.1) is 0 Å². The van der Waals surface area contributed by atoms with Gasteiger partial charge in [0, 0.05) is 24.4 Å². The fourth-order valence-electron chi connectivity index (χ4n) is 2.38. The Hall–Kier alpha value is -1.96. The predicted molar refractivity (Wildman–Crippen MR) is 86.8 cm³/mol. The van der Waals surface area contributed by atoms with Crippen molar-refractivity contribution in [2.45, 2.75) is 46.0 Å². The summed E-state index contributed by atoms with van der Waals surface area (Å²) in [5.74, 6) is 0.165. The van der Waals surface area contributed by atoms with Crippen molar-refractivity contribution in [1.29, 1.82) is 0 Å². The van der Waals surface area contributed by atoms with Gasteiger partial charge in [-0.1, -0.05) is 52.0 Å². The van der Waals surface area contributed by atoms with E-state index in [2.05, 4.69) is 50.0 Å². The van der Waals surface area contributed by atoms with Crippen LogP contribution in [-0.4, -0.2) is 10.8 Å². The zero-order chi connectivity index (χ0) is 15.5. The minimum atomic E-state index is 0.142. The van der Waals surface area contributed by atoms with Crippen molar-refractivity contribution in [3.8, 4) is 0 Å². The Bertz CT molecular complexity index is 621. The molecule has 0 unspecified atom stereocenters. The van der Waals surface area contributed by atoms with Gasteiger partial charge in [-0.2, -0.15) is 0 Å². The Morgan fingerprint density at radius 1 is 1.10 bits per heavy atom. The number of aryl methyl sites for hydroxylation is 1. The molecule has 0 aliphatic heterocycles. The van der Waals surface area contributed by atoms with Gasteiger partial charge in [-0.3, -0.25) is 9.78 Å². The van der Waals surface area contributed by atoms with Gasteiger partial charge >= 0.3 is 0 Å². The minimum Gasteiger partial charge on any atom is -0.294 e. The summed E-state index contributed by atoms with van der Waals surface area (Å²) in [6, 6.07) is 10.2. The smallest absolute Gasteiger partial charge is 0.167 e. The van der Waals surface area contributed by atoms with Crippen molar-refractivity contribution < 1.29 is 4.79 Å². The zero-order valence-corrected chi connectivity index (χ0v) is 13.3. The predicted octanol–water partition coefficient (Wildman–Crippen LogP) is 4.37. The van der Waals surface area contributed by atoms with Gasteiger partial charge < -0.3 is 0 Å². The van der Waals surface area contributed by atoms with Crippen LogP contribution >= 0.6 is 0 Å². The molecule has 2 aromatic rings. The van der Waals surface area contributed by atoms with Gasteiger partial charge in [-0.05, 0) is 34.6 Å². The molecule has 0 saturated heterocycles. The molecule has 0 N–H and O–H groups in total. The van der Waals surface area contributed by atoms with Crippen LogP contribution in [0.5, 0.6) is 0 Å². The Labute approximate surface area is 127 Å². The summed E-state index contributed by atoms with van der Waals surface area (Å²) in [4.78, 5) is 16.5. The second-order valence-corrected chi connectivity index (χ2v) is 6.43. The van der Waals surface area contributed by atoms with Crippen molar-refractivity contribution in [2.75, 3.05) is 0 Å². The molecule has 110 valence electrons. The molecule has 0 fully saturated rings. The van der Waals surface area contributed by atoms with Crippen LogP contribution in [0.25, 0.3) is 0 Å². The molecule has 2 rings (SSSR count). The van der Waals surface area contributed by atoms with Crippen LogP contribution in [0, 0.1) is 0 Å². The molecule has 1 aromatic heterocycles. The Morgan fingerprint density at radius 3 is 2.33 bits per heavy atom. The summed E-state index contributed by atoms with van der Waals surface area (Å²) in [7, 11) is 0. The molecule has 1 heterocycles. The summed E-state index contributed by atoms with van der Waals surface area (Å²) in [5, 5.41) is 0. The number of benzene rings is 1. The number of aromatic nitrogens is 1. The number of hydrogen-bond acceptors (Lipinski definition) is 2. The number of rotatable bonds is 4. The molecule has 21 heavy (non-hydrogen) atoms. The average Bonchev–Trinajstić information content (AvgIpc) is 2.46. The zero-order valence-electron chi connectivity index (χ0n) is 13.3. The average molecular weight is 281 g/mol. The number of ketones is 1. The molecule has 0 aliphatic carbocycles. The highest BCUT2D eigenvalue weighted by Gasteiger charge is 2.14. The molecule has 1 aromatic carbocycles. The second-order valence-electron chi connectivity index (χ2n) is 6.43. The van der Waals surface area contributed by atoms with Crippen molar-refractivity contribution in [3.05, 3.63) is 65.0 Å². The van der Waals surface area contributed by atoms with Crippen molar-refractivity contribution in [1.82, 2.24) is 4.98 Å². The van der Waals surface area contributed by atoms with Gasteiger partial charge in [0.15, 0.2) is 5.78 Å². The van der Waals surface area contributed by atoms with E-state index in [0.29, 0.717) is 6.42 Å². The molecule has 2 heteroatoms. The van der Waals surface area contributed by atoms with Crippen LogP contribution in [0.4, 0.5) is 0 Å². The first kappa shape index (κ1) is 15.4. The van der Waals surface area contributed by atoms with Crippen LogP contribution in [0.1, 0.15) is 54.7 Å². The molecule has 0 aliphatic rings. The summed E-state index contributed by atoms with van der Waals surface area (Å²) in [6.07, 6.45) is 4.75. The Morgan fingerprint density at radius 2 is 1.76 bits per heavy atom. The highest BCUT2D eigenvalue weighted by atomic mass is 16.1. The monoisotopic (exact) mass is 281 g/mol. The van der Waals surface area contributed by atoms with Gasteiger partial charge in [0.25, 0.3) is 0 Å². The molecular weight excluding hydrogens is 258 g/mol. The molecular formula is C19H23NO. The van der Waals surface area contributed by atoms with Crippen molar-refractivity contribution in [2.24, 2.45) is 0 Å². The number of hydrogen-bond donors (Lipinski definition) is 0. The maximum absolute atomic E-state index is 12.4. The van der Waals surface area contributed by atoms with Crippen molar-refractivity contribution >= 4 is 5.78 Å². The number of nitrogens with zero attached hydrogens (tertiary/aromatic N) is 1. The molecule has 0 amide bonds. The lowest BCUT2D eigenvalue weighted by Crippen LogP contribution is -2.11. The van der Waals surface area contributed by atoms with E-state index in [1.165, 1.54) is 5.56 Å². The lowest BCUT2D eigenvalue weighted by atomic mass is 9.86. The third-order valence-corrected chi connectivity index (χ3v) is 3.77. The molecule has 0 atom stereocenters. The largest absolute Gasteiger partial charge is 0.294 e. The van der Waals surface area contributed by atoms with E-state index < -0.39 is 0 Å². The lowest BCUT2D eigenvalue weighted by molar-refractivity contribution is 0.0992. The van der Waals surface area contributed by atoms with E-state index in [1.807, 2.05) is 13.0 Å². The third kappa shape index (κ3) is 3.78. The van der Waals surface area contributed by atoms with Crippen LogP contribution < -0.4 is 0 Å². The maximum atomic E-state index is 12.4. The van der Waals surface area contributed by atoms with Crippen LogP contribution in [-0.2, 0) is 18.3 Å². The normalized spacial score (nSPS) is 11.4. The van der Waals surface area contributed by atoms with Crippen LogP contribution in [0.2, 0.25) is 0 Å². The van der Waals surface area contributed by atoms with E-state index in [1.54, 1.807) is 12.4 Å². The second kappa shape index (κ2) is 6.21. The van der Waals surface area contributed by atoms with E-state index in [-0.39, 0.29) is 11.2 Å². The first-order valence-corrected chi connectivity index (χ1v) is 7.47. The fourth-order valence-corrected chi connectivity index (χ4v) is 2.38. The molecule has 0 spiro atoms.